The second-order valence-corrected chi connectivity index (χ2v) is 6.24. The lowest BCUT2D eigenvalue weighted by Crippen LogP contribution is -3.08. The lowest BCUT2D eigenvalue weighted by Gasteiger charge is -2.19. The van der Waals surface area contributed by atoms with Gasteiger partial charge in [0.15, 0.2) is 0 Å². The van der Waals surface area contributed by atoms with Gasteiger partial charge in [-0.3, -0.25) is 0 Å². The second kappa shape index (κ2) is 9.88. The van der Waals surface area contributed by atoms with Gasteiger partial charge in [-0.05, 0) is 44.0 Å². The number of quaternary nitrogens is 1. The van der Waals surface area contributed by atoms with Gasteiger partial charge in [0.2, 0.25) is 0 Å². The maximum absolute atomic E-state index is 10.1. The molecule has 1 aromatic carbocycles. The van der Waals surface area contributed by atoms with Crippen molar-refractivity contribution in [1.82, 2.24) is 0 Å². The Balaban J connectivity index is 1.63. The van der Waals surface area contributed by atoms with Gasteiger partial charge in [0.05, 0.1) is 33.0 Å². The van der Waals surface area contributed by atoms with Gasteiger partial charge in [-0.25, -0.2) is 0 Å². The molecule has 1 heterocycles. The average molecular weight is 324 g/mol. The number of aliphatic hydroxyl groups excluding tert-OH is 1. The van der Waals surface area contributed by atoms with E-state index in [1.807, 2.05) is 19.1 Å². The van der Waals surface area contributed by atoms with Gasteiger partial charge >= 0.3 is 0 Å². The Morgan fingerprint density at radius 3 is 2.78 bits per heavy atom. The molecule has 1 fully saturated rings. The topological polar surface area (TPSA) is 52.4 Å². The van der Waals surface area contributed by atoms with E-state index in [-0.39, 0.29) is 6.10 Å². The van der Waals surface area contributed by atoms with Gasteiger partial charge in [0.25, 0.3) is 0 Å². The number of likely N-dealkylation sites (N-methyl/N-ethyl adjacent to an activating group) is 1. The first-order chi connectivity index (χ1) is 11.2. The number of nitrogens with one attached hydrogen (secondary N) is 1. The third-order valence-electron chi connectivity index (χ3n) is 3.96. The summed E-state index contributed by atoms with van der Waals surface area (Å²) in [5.41, 5.74) is 1.23. The highest BCUT2D eigenvalue weighted by molar-refractivity contribution is 5.26. The Bertz CT molecular complexity index is 431. The number of hydrogen-bond donors (Lipinski definition) is 2. The molecule has 0 amide bonds. The Hall–Kier alpha value is -1.14. The minimum absolute atomic E-state index is 0.219. The van der Waals surface area contributed by atoms with Crippen molar-refractivity contribution in [3.63, 3.8) is 0 Å². The molecular formula is C18H30NO4+. The van der Waals surface area contributed by atoms with Crippen molar-refractivity contribution < 1.29 is 24.2 Å². The van der Waals surface area contributed by atoms with E-state index >= 15 is 0 Å². The molecule has 130 valence electrons. The van der Waals surface area contributed by atoms with Crippen LogP contribution in [0.5, 0.6) is 5.75 Å². The van der Waals surface area contributed by atoms with E-state index in [1.165, 1.54) is 10.5 Å². The molecule has 1 aliphatic heterocycles. The van der Waals surface area contributed by atoms with E-state index in [4.69, 9.17) is 14.2 Å². The van der Waals surface area contributed by atoms with Crippen LogP contribution in [0.1, 0.15) is 25.3 Å². The molecule has 0 saturated carbocycles. The molecule has 1 aromatic rings. The number of ether oxygens (including phenoxy) is 3. The smallest absolute Gasteiger partial charge is 0.126 e. The van der Waals surface area contributed by atoms with Crippen molar-refractivity contribution in [2.45, 2.75) is 38.5 Å². The van der Waals surface area contributed by atoms with E-state index in [0.717, 1.165) is 31.7 Å². The molecule has 23 heavy (non-hydrogen) atoms. The van der Waals surface area contributed by atoms with Crippen molar-refractivity contribution in [2.24, 2.45) is 0 Å². The zero-order valence-corrected chi connectivity index (χ0v) is 14.3. The molecule has 3 atom stereocenters. The lowest BCUT2D eigenvalue weighted by atomic mass is 10.2. The lowest BCUT2D eigenvalue weighted by molar-refractivity contribution is -0.897. The normalized spacial score (nSPS) is 20.4. The average Bonchev–Trinajstić information content (AvgIpc) is 3.03. The summed E-state index contributed by atoms with van der Waals surface area (Å²) in [6.45, 7) is 6.01. The Labute approximate surface area is 139 Å². The summed E-state index contributed by atoms with van der Waals surface area (Å²) >= 11 is 0. The van der Waals surface area contributed by atoms with Crippen molar-refractivity contribution in [3.05, 3.63) is 29.8 Å². The zero-order valence-electron chi connectivity index (χ0n) is 14.3. The van der Waals surface area contributed by atoms with Crippen LogP contribution in [0.15, 0.2) is 24.3 Å². The van der Waals surface area contributed by atoms with Crippen molar-refractivity contribution in [1.29, 1.82) is 0 Å². The van der Waals surface area contributed by atoms with Crippen LogP contribution in [0.3, 0.4) is 0 Å². The van der Waals surface area contributed by atoms with Gasteiger partial charge in [-0.2, -0.15) is 0 Å². The van der Waals surface area contributed by atoms with Crippen LogP contribution in [-0.4, -0.2) is 57.3 Å². The zero-order chi connectivity index (χ0) is 16.5. The molecule has 2 rings (SSSR count). The Morgan fingerprint density at radius 2 is 2.13 bits per heavy atom. The fourth-order valence-corrected chi connectivity index (χ4v) is 2.86. The van der Waals surface area contributed by atoms with Gasteiger partial charge in [0.1, 0.15) is 24.9 Å². The molecule has 2 N–H and O–H groups in total. The van der Waals surface area contributed by atoms with Crippen molar-refractivity contribution in [2.75, 3.05) is 40.0 Å². The summed E-state index contributed by atoms with van der Waals surface area (Å²) in [6.07, 6.45) is 1.96. The summed E-state index contributed by atoms with van der Waals surface area (Å²) < 4.78 is 16.5. The van der Waals surface area contributed by atoms with Crippen LogP contribution in [0, 0.1) is 0 Å². The minimum Gasteiger partial charge on any atom is -0.494 e. The predicted octanol–water partition coefficient (Wildman–Crippen LogP) is 0.657. The Kier molecular flexibility index (Phi) is 7.82. The van der Waals surface area contributed by atoms with Gasteiger partial charge in [0, 0.05) is 12.2 Å². The minimum atomic E-state index is -0.445. The standard InChI is InChI=1S/C18H29NO4/c1-3-22-17-8-6-15(7-9-17)11-19(2)12-16(20)13-21-14-18-5-4-10-23-18/h6-9,16,18,20H,3-5,10-14H2,1-2H3/p+1/t16-,18-/m0/s1. The number of hydrogen-bond acceptors (Lipinski definition) is 4. The molecule has 1 aliphatic rings. The highest BCUT2D eigenvalue weighted by Gasteiger charge is 2.17. The highest BCUT2D eigenvalue weighted by atomic mass is 16.5. The van der Waals surface area contributed by atoms with Crippen LogP contribution >= 0.6 is 0 Å². The molecule has 5 nitrogen and oxygen atoms in total. The number of aliphatic hydroxyl groups is 1. The maximum Gasteiger partial charge on any atom is 0.126 e. The van der Waals surface area contributed by atoms with E-state index in [2.05, 4.69) is 19.2 Å². The van der Waals surface area contributed by atoms with Crippen LogP contribution in [-0.2, 0) is 16.0 Å². The monoisotopic (exact) mass is 324 g/mol. The molecule has 1 unspecified atom stereocenters. The number of benzene rings is 1. The summed E-state index contributed by atoms with van der Waals surface area (Å²) in [5.74, 6) is 0.900. The first-order valence-electron chi connectivity index (χ1n) is 8.57. The van der Waals surface area contributed by atoms with E-state index in [9.17, 15) is 5.11 Å². The summed E-state index contributed by atoms with van der Waals surface area (Å²) in [6, 6.07) is 8.14. The fraction of sp³-hybridized carbons (Fsp3) is 0.667. The summed E-state index contributed by atoms with van der Waals surface area (Å²) in [5, 5.41) is 10.1. The van der Waals surface area contributed by atoms with Crippen LogP contribution in [0.25, 0.3) is 0 Å². The van der Waals surface area contributed by atoms with E-state index < -0.39 is 6.10 Å². The third kappa shape index (κ3) is 6.87. The molecule has 0 spiro atoms. The molecular weight excluding hydrogens is 294 g/mol. The van der Waals surface area contributed by atoms with Gasteiger partial charge in [-0.15, -0.1) is 0 Å². The Morgan fingerprint density at radius 1 is 1.35 bits per heavy atom. The molecule has 0 aromatic heterocycles. The van der Waals surface area contributed by atoms with Crippen LogP contribution < -0.4 is 9.64 Å². The maximum atomic E-state index is 10.1. The SMILES string of the molecule is CCOc1ccc(C[NH+](C)C[C@H](O)COC[C@@H]2CCCO2)cc1. The molecule has 1 saturated heterocycles. The summed E-state index contributed by atoms with van der Waals surface area (Å²) in [7, 11) is 2.08. The molecule has 0 bridgehead atoms. The first kappa shape index (κ1) is 18.2. The van der Waals surface area contributed by atoms with Gasteiger partial charge in [-0.1, -0.05) is 0 Å². The largest absolute Gasteiger partial charge is 0.494 e. The quantitative estimate of drug-likeness (QED) is 0.664. The molecule has 0 radical (unpaired) electrons. The van der Waals surface area contributed by atoms with E-state index in [0.29, 0.717) is 26.4 Å². The summed E-state index contributed by atoms with van der Waals surface area (Å²) in [4.78, 5) is 1.25. The highest BCUT2D eigenvalue weighted by Crippen LogP contribution is 2.12. The van der Waals surface area contributed by atoms with Crippen molar-refractivity contribution >= 4 is 0 Å². The fourth-order valence-electron chi connectivity index (χ4n) is 2.86. The first-order valence-corrected chi connectivity index (χ1v) is 8.57. The van der Waals surface area contributed by atoms with Crippen molar-refractivity contribution in [3.8, 4) is 5.75 Å². The number of rotatable bonds is 10. The third-order valence-corrected chi connectivity index (χ3v) is 3.96. The molecule has 0 aliphatic carbocycles. The molecule has 5 heteroatoms. The van der Waals surface area contributed by atoms with Crippen LogP contribution in [0.2, 0.25) is 0 Å². The van der Waals surface area contributed by atoms with Crippen LogP contribution in [0.4, 0.5) is 0 Å². The predicted molar refractivity (Wildman–Crippen MR) is 88.9 cm³/mol. The van der Waals surface area contributed by atoms with E-state index in [1.54, 1.807) is 0 Å². The second-order valence-electron chi connectivity index (χ2n) is 6.24. The van der Waals surface area contributed by atoms with Gasteiger partial charge < -0.3 is 24.2 Å².